The lowest BCUT2D eigenvalue weighted by Gasteiger charge is -2.63. The third-order valence-electron chi connectivity index (χ3n) is 8.55. The Morgan fingerprint density at radius 2 is 1.96 bits per heavy atom. The fourth-order valence-electron chi connectivity index (χ4n) is 7.00. The van der Waals surface area contributed by atoms with E-state index in [4.69, 9.17) is 11.6 Å². The van der Waals surface area contributed by atoms with Crippen LogP contribution in [0.4, 0.5) is 0 Å². The van der Waals surface area contributed by atoms with Crippen LogP contribution in [-0.4, -0.2) is 43.7 Å². The summed E-state index contributed by atoms with van der Waals surface area (Å²) in [4.78, 5) is 22.9. The lowest BCUT2D eigenvalue weighted by Crippen LogP contribution is -2.68. The number of halogens is 1. The second-order valence-electron chi connectivity index (χ2n) is 9.47. The molecular formula is C21H27ClO5. The molecule has 3 saturated carbocycles. The Labute approximate surface area is 164 Å². The van der Waals surface area contributed by atoms with Crippen LogP contribution in [0.1, 0.15) is 46.5 Å². The highest BCUT2D eigenvalue weighted by molar-refractivity contribution is 6.26. The average Bonchev–Trinajstić information content (AvgIpc) is 2.79. The summed E-state index contributed by atoms with van der Waals surface area (Å²) in [5, 5.41) is 32.3. The molecule has 6 heteroatoms. The summed E-state index contributed by atoms with van der Waals surface area (Å²) < 4.78 is 0. The number of aliphatic carboxylic acids is 1. The van der Waals surface area contributed by atoms with Crippen molar-refractivity contribution in [2.24, 2.45) is 28.6 Å². The van der Waals surface area contributed by atoms with Gasteiger partial charge < -0.3 is 15.3 Å². The number of aliphatic hydroxyl groups is 2. The first-order chi connectivity index (χ1) is 12.4. The Balaban J connectivity index is 1.85. The summed E-state index contributed by atoms with van der Waals surface area (Å²) in [6.45, 7) is 5.53. The van der Waals surface area contributed by atoms with E-state index in [0.29, 0.717) is 19.3 Å². The molecule has 0 bridgehead atoms. The average molecular weight is 395 g/mol. The van der Waals surface area contributed by atoms with Crippen LogP contribution >= 0.6 is 11.6 Å². The van der Waals surface area contributed by atoms with E-state index in [0.717, 1.165) is 5.57 Å². The second kappa shape index (κ2) is 5.46. The number of carbonyl (C=O) groups is 2. The molecule has 4 unspecified atom stereocenters. The minimum absolute atomic E-state index is 0.0638. The van der Waals surface area contributed by atoms with Gasteiger partial charge in [0, 0.05) is 10.8 Å². The Hall–Kier alpha value is -1.17. The molecule has 4 aliphatic rings. The van der Waals surface area contributed by atoms with E-state index in [9.17, 15) is 24.9 Å². The SMILES string of the molecule is C[C@@H]1CC2C3CCC4=CC(=O)C=CC4(C)[C@@]3(Cl)[C@@H](O)CC2(C)[C@@]1(O)C(=O)O. The lowest BCUT2D eigenvalue weighted by molar-refractivity contribution is -0.194. The van der Waals surface area contributed by atoms with Crippen molar-refractivity contribution in [2.45, 2.75) is 63.0 Å². The van der Waals surface area contributed by atoms with E-state index in [1.54, 1.807) is 19.9 Å². The van der Waals surface area contributed by atoms with Gasteiger partial charge in [-0.25, -0.2) is 4.79 Å². The maximum atomic E-state index is 12.0. The molecule has 0 aromatic heterocycles. The molecule has 4 aliphatic carbocycles. The van der Waals surface area contributed by atoms with Crippen LogP contribution in [0.2, 0.25) is 0 Å². The van der Waals surface area contributed by atoms with Gasteiger partial charge in [0.05, 0.1) is 11.0 Å². The van der Waals surface area contributed by atoms with Crippen LogP contribution in [0.15, 0.2) is 23.8 Å². The normalized spacial score (nSPS) is 54.0. The lowest BCUT2D eigenvalue weighted by atomic mass is 9.46. The first-order valence-electron chi connectivity index (χ1n) is 9.70. The first kappa shape index (κ1) is 19.2. The van der Waals surface area contributed by atoms with Gasteiger partial charge in [0.25, 0.3) is 0 Å². The number of alkyl halides is 1. The molecule has 0 amide bonds. The maximum Gasteiger partial charge on any atom is 0.336 e. The zero-order valence-electron chi connectivity index (χ0n) is 15.9. The fraction of sp³-hybridized carbons (Fsp3) is 0.714. The van der Waals surface area contributed by atoms with Crippen molar-refractivity contribution >= 4 is 23.4 Å². The summed E-state index contributed by atoms with van der Waals surface area (Å²) in [7, 11) is 0. The molecule has 0 heterocycles. The number of carbonyl (C=O) groups excluding carboxylic acids is 1. The molecular weight excluding hydrogens is 368 g/mol. The summed E-state index contributed by atoms with van der Waals surface area (Å²) in [5.41, 5.74) is -2.57. The molecule has 0 spiro atoms. The van der Waals surface area contributed by atoms with E-state index in [2.05, 4.69) is 0 Å². The van der Waals surface area contributed by atoms with Crippen LogP contribution in [0.25, 0.3) is 0 Å². The van der Waals surface area contributed by atoms with Gasteiger partial charge in [-0.2, -0.15) is 0 Å². The van der Waals surface area contributed by atoms with Crippen LogP contribution in [-0.2, 0) is 9.59 Å². The molecule has 4 rings (SSSR count). The smallest absolute Gasteiger partial charge is 0.336 e. The highest BCUT2D eigenvalue weighted by Crippen LogP contribution is 2.71. The molecule has 0 aromatic rings. The van der Waals surface area contributed by atoms with Crippen LogP contribution in [0, 0.1) is 28.6 Å². The van der Waals surface area contributed by atoms with Gasteiger partial charge in [-0.15, -0.1) is 11.6 Å². The number of aliphatic hydroxyl groups excluding tert-OH is 1. The van der Waals surface area contributed by atoms with Crippen molar-refractivity contribution in [3.05, 3.63) is 23.8 Å². The highest BCUT2D eigenvalue weighted by Gasteiger charge is 2.75. The Morgan fingerprint density at radius 1 is 1.30 bits per heavy atom. The predicted molar refractivity (Wildman–Crippen MR) is 100 cm³/mol. The van der Waals surface area contributed by atoms with Crippen LogP contribution < -0.4 is 0 Å². The van der Waals surface area contributed by atoms with Crippen molar-refractivity contribution in [1.29, 1.82) is 0 Å². The second-order valence-corrected chi connectivity index (χ2v) is 10.1. The first-order valence-corrected chi connectivity index (χ1v) is 10.1. The predicted octanol–water partition coefficient (Wildman–Crippen LogP) is 2.69. The molecule has 8 atom stereocenters. The molecule has 0 radical (unpaired) electrons. The minimum Gasteiger partial charge on any atom is -0.479 e. The number of hydrogen-bond donors (Lipinski definition) is 3. The zero-order chi connectivity index (χ0) is 20.0. The van der Waals surface area contributed by atoms with E-state index in [-0.39, 0.29) is 24.0 Å². The van der Waals surface area contributed by atoms with E-state index in [1.165, 1.54) is 6.08 Å². The van der Waals surface area contributed by atoms with Crippen molar-refractivity contribution in [3.63, 3.8) is 0 Å². The third kappa shape index (κ3) is 1.98. The van der Waals surface area contributed by atoms with Gasteiger partial charge >= 0.3 is 5.97 Å². The zero-order valence-corrected chi connectivity index (χ0v) is 16.7. The van der Waals surface area contributed by atoms with E-state index < -0.39 is 39.3 Å². The van der Waals surface area contributed by atoms with Gasteiger partial charge in [0.1, 0.15) is 0 Å². The largest absolute Gasteiger partial charge is 0.479 e. The Kier molecular flexibility index (Phi) is 3.87. The summed E-state index contributed by atoms with van der Waals surface area (Å²) in [6, 6.07) is 0. The molecule has 0 aliphatic heterocycles. The van der Waals surface area contributed by atoms with Gasteiger partial charge in [-0.05, 0) is 55.6 Å². The van der Waals surface area contributed by atoms with E-state index in [1.807, 2.05) is 13.0 Å². The topological polar surface area (TPSA) is 94.8 Å². The fourth-order valence-corrected chi connectivity index (χ4v) is 7.52. The molecule has 27 heavy (non-hydrogen) atoms. The van der Waals surface area contributed by atoms with Crippen molar-refractivity contribution in [3.8, 4) is 0 Å². The molecule has 0 aromatic carbocycles. The van der Waals surface area contributed by atoms with Crippen molar-refractivity contribution in [1.82, 2.24) is 0 Å². The quantitative estimate of drug-likeness (QED) is 0.594. The van der Waals surface area contributed by atoms with Crippen LogP contribution in [0.5, 0.6) is 0 Å². The standard InChI is InChI=1S/C21H27ClO5/c1-11-8-15-14-5-4-12-9-13(23)6-7-18(12,2)20(14,22)16(24)10-19(15,3)21(11,27)17(25)26/h6-7,9,11,14-16,24,27H,4-5,8,10H2,1-3H3,(H,25,26)/t11-,14?,15?,16+,18?,19?,20+,21+/m1/s1. The summed E-state index contributed by atoms with van der Waals surface area (Å²) >= 11 is 7.26. The van der Waals surface area contributed by atoms with Gasteiger partial charge in [0.2, 0.25) is 0 Å². The van der Waals surface area contributed by atoms with Gasteiger partial charge in [0.15, 0.2) is 11.4 Å². The number of ketones is 1. The van der Waals surface area contributed by atoms with E-state index >= 15 is 0 Å². The van der Waals surface area contributed by atoms with Gasteiger partial charge in [-0.3, -0.25) is 4.79 Å². The molecule has 0 saturated heterocycles. The summed E-state index contributed by atoms with van der Waals surface area (Å²) in [6.07, 6.45) is 6.01. The van der Waals surface area contributed by atoms with Crippen molar-refractivity contribution in [2.75, 3.05) is 0 Å². The highest BCUT2D eigenvalue weighted by atomic mass is 35.5. The molecule has 3 N–H and O–H groups in total. The number of allylic oxidation sites excluding steroid dienone is 4. The molecule has 148 valence electrons. The Bertz CT molecular complexity index is 789. The minimum atomic E-state index is -1.88. The van der Waals surface area contributed by atoms with Gasteiger partial charge in [-0.1, -0.05) is 32.4 Å². The number of rotatable bonds is 1. The number of hydrogen-bond acceptors (Lipinski definition) is 4. The molecule has 5 nitrogen and oxygen atoms in total. The van der Waals surface area contributed by atoms with Crippen LogP contribution in [0.3, 0.4) is 0 Å². The number of carboxylic acids is 1. The third-order valence-corrected chi connectivity index (χ3v) is 9.47. The summed E-state index contributed by atoms with van der Waals surface area (Å²) in [5.74, 6) is -1.97. The van der Waals surface area contributed by atoms with Crippen molar-refractivity contribution < 1.29 is 24.9 Å². The number of fused-ring (bicyclic) bond motifs is 5. The molecule has 3 fully saturated rings. The maximum absolute atomic E-state index is 12.0. The monoisotopic (exact) mass is 394 g/mol. The Morgan fingerprint density at radius 3 is 2.59 bits per heavy atom. The number of carboxylic acid groups (broad SMARTS) is 1.